The van der Waals surface area contributed by atoms with E-state index in [0.29, 0.717) is 17.5 Å². The van der Waals surface area contributed by atoms with E-state index >= 15 is 0 Å². The Morgan fingerprint density at radius 1 is 1.14 bits per heavy atom. The highest BCUT2D eigenvalue weighted by Crippen LogP contribution is 2.29. The van der Waals surface area contributed by atoms with Gasteiger partial charge in [0.2, 0.25) is 10.0 Å². The van der Waals surface area contributed by atoms with E-state index in [1.54, 1.807) is 0 Å². The number of rotatable bonds is 4. The van der Waals surface area contributed by atoms with Crippen molar-refractivity contribution in [1.29, 1.82) is 0 Å². The van der Waals surface area contributed by atoms with Crippen molar-refractivity contribution in [1.82, 2.24) is 9.71 Å². The zero-order chi connectivity index (χ0) is 20.8. The Morgan fingerprint density at radius 3 is 2.21 bits per heavy atom. The van der Waals surface area contributed by atoms with Gasteiger partial charge in [-0.2, -0.15) is 13.2 Å². The van der Waals surface area contributed by atoms with Crippen LogP contribution in [0.1, 0.15) is 12.0 Å². The summed E-state index contributed by atoms with van der Waals surface area (Å²) in [5.41, 5.74) is -0.337. The van der Waals surface area contributed by atoms with Gasteiger partial charge in [0.15, 0.2) is 0 Å². The largest absolute Gasteiger partial charge is 0.417 e. The zero-order valence-corrected chi connectivity index (χ0v) is 16.1. The third-order valence-electron chi connectivity index (χ3n) is 3.36. The van der Waals surface area contributed by atoms with Gasteiger partial charge in [0.25, 0.3) is 0 Å². The Kier molecular flexibility index (Phi) is 7.22. The minimum atomic E-state index is -4.44. The number of aromatic nitrogens is 1. The smallest absolute Gasteiger partial charge is 0.394 e. The number of nitrogens with one attached hydrogen (secondary N) is 2. The van der Waals surface area contributed by atoms with Gasteiger partial charge in [-0.05, 0) is 43.4 Å². The molecule has 0 saturated heterocycles. The Morgan fingerprint density at radius 2 is 1.82 bits per heavy atom. The molecule has 0 unspecified atom stereocenters. The predicted octanol–water partition coefficient (Wildman–Crippen LogP) is 3.71. The van der Waals surface area contributed by atoms with Crippen molar-refractivity contribution >= 4 is 38.3 Å². The van der Waals surface area contributed by atoms with E-state index < -0.39 is 21.8 Å². The molecule has 0 radical (unpaired) electrons. The Bertz CT molecular complexity index is 918. The fourth-order valence-corrected chi connectivity index (χ4v) is 2.77. The summed E-state index contributed by atoms with van der Waals surface area (Å²) in [5, 5.41) is 6.78. The van der Waals surface area contributed by atoms with Crippen LogP contribution in [0.15, 0.2) is 52.6 Å². The summed E-state index contributed by atoms with van der Waals surface area (Å²) in [7, 11) is -2.23. The molecule has 2 heterocycles. The molecule has 0 bridgehead atoms. The van der Waals surface area contributed by atoms with E-state index in [4.69, 9.17) is 11.6 Å². The minimum Gasteiger partial charge on any atom is -0.394 e. The quantitative estimate of drug-likeness (QED) is 0.762. The lowest BCUT2D eigenvalue weighted by Crippen LogP contribution is -2.18. The van der Waals surface area contributed by atoms with Gasteiger partial charge in [-0.3, -0.25) is 0 Å². The molecule has 0 spiro atoms. The molecule has 1 aromatic heterocycles. The van der Waals surface area contributed by atoms with Crippen molar-refractivity contribution in [2.24, 2.45) is 5.16 Å². The van der Waals surface area contributed by atoms with Gasteiger partial charge >= 0.3 is 6.18 Å². The molecule has 1 aromatic carbocycles. The standard InChI is InChI=1S/C13H12F3N3O2S.C3H4ClNO/c1-17-22(20,21)11-5-3-10(4-6-11)19-12-7-2-9(8-18-12)13(14,15)16;4-3-1-2-6-5-3/h2-8,17H,1H3,(H,18,19);1-2H2. The number of alkyl halides is 3. The lowest BCUT2D eigenvalue weighted by atomic mass is 10.2. The first-order chi connectivity index (χ1) is 13.1. The second-order valence-corrected chi connectivity index (χ2v) is 7.66. The lowest BCUT2D eigenvalue weighted by Gasteiger charge is -2.09. The van der Waals surface area contributed by atoms with Gasteiger partial charge in [-0.25, -0.2) is 18.1 Å². The van der Waals surface area contributed by atoms with Crippen LogP contribution in [0.4, 0.5) is 24.7 Å². The van der Waals surface area contributed by atoms with Crippen LogP contribution >= 0.6 is 11.6 Å². The topological polar surface area (TPSA) is 92.7 Å². The number of oxime groups is 1. The summed E-state index contributed by atoms with van der Waals surface area (Å²) in [4.78, 5) is 8.26. The Balaban J connectivity index is 0.000000397. The fourth-order valence-electron chi connectivity index (χ4n) is 1.91. The first-order valence-corrected chi connectivity index (χ1v) is 9.66. The molecule has 3 rings (SSSR count). The van der Waals surface area contributed by atoms with Crippen LogP contribution in [-0.4, -0.2) is 32.2 Å². The van der Waals surface area contributed by atoms with Crippen molar-refractivity contribution in [2.75, 3.05) is 19.0 Å². The molecule has 1 aliphatic heterocycles. The molecular weight excluding hydrogens is 421 g/mol. The number of hydrogen-bond donors (Lipinski definition) is 2. The molecule has 1 aliphatic rings. The van der Waals surface area contributed by atoms with E-state index in [9.17, 15) is 21.6 Å². The average molecular weight is 437 g/mol. The van der Waals surface area contributed by atoms with Crippen molar-refractivity contribution in [3.05, 3.63) is 48.2 Å². The molecule has 2 aromatic rings. The molecule has 12 heteroatoms. The summed E-state index contributed by atoms with van der Waals surface area (Å²) < 4.78 is 62.5. The second-order valence-electron chi connectivity index (χ2n) is 5.34. The molecule has 0 saturated carbocycles. The van der Waals surface area contributed by atoms with Crippen LogP contribution in [0.25, 0.3) is 0 Å². The molecule has 0 amide bonds. The van der Waals surface area contributed by atoms with Crippen LogP contribution in [-0.2, 0) is 21.0 Å². The van der Waals surface area contributed by atoms with Gasteiger partial charge in [-0.15, -0.1) is 0 Å². The van der Waals surface area contributed by atoms with Gasteiger partial charge in [0, 0.05) is 18.3 Å². The van der Waals surface area contributed by atoms with E-state index in [1.807, 2.05) is 0 Å². The Hall–Kier alpha value is -2.37. The molecule has 0 aliphatic carbocycles. The molecule has 28 heavy (non-hydrogen) atoms. The Labute approximate surface area is 164 Å². The predicted molar refractivity (Wildman–Crippen MR) is 99.1 cm³/mol. The molecule has 0 atom stereocenters. The van der Waals surface area contributed by atoms with Crippen molar-refractivity contribution < 1.29 is 26.4 Å². The first kappa shape index (κ1) is 21.9. The fraction of sp³-hybridized carbons (Fsp3) is 0.250. The summed E-state index contributed by atoms with van der Waals surface area (Å²) in [5.74, 6) is 0.220. The van der Waals surface area contributed by atoms with Gasteiger partial charge in [-0.1, -0.05) is 16.8 Å². The maximum absolute atomic E-state index is 12.4. The summed E-state index contributed by atoms with van der Waals surface area (Å²) in [6.07, 6.45) is -2.93. The number of halogens is 4. The first-order valence-electron chi connectivity index (χ1n) is 7.80. The highest BCUT2D eigenvalue weighted by atomic mass is 35.5. The van der Waals surface area contributed by atoms with Crippen LogP contribution in [0.2, 0.25) is 0 Å². The summed E-state index contributed by atoms with van der Waals surface area (Å²) in [6, 6.07) is 7.83. The summed E-state index contributed by atoms with van der Waals surface area (Å²) >= 11 is 5.34. The van der Waals surface area contributed by atoms with Crippen molar-refractivity contribution in [2.45, 2.75) is 17.5 Å². The molecular formula is C16H16ClF3N4O3S. The van der Waals surface area contributed by atoms with E-state index in [0.717, 1.165) is 18.7 Å². The van der Waals surface area contributed by atoms with Crippen LogP contribution in [0.3, 0.4) is 0 Å². The van der Waals surface area contributed by atoms with E-state index in [2.05, 4.69) is 25.0 Å². The van der Waals surface area contributed by atoms with Crippen LogP contribution < -0.4 is 10.0 Å². The number of nitrogens with zero attached hydrogens (tertiary/aromatic N) is 2. The summed E-state index contributed by atoms with van der Waals surface area (Å²) in [6.45, 7) is 0.652. The molecule has 7 nitrogen and oxygen atoms in total. The number of sulfonamides is 1. The van der Waals surface area contributed by atoms with Crippen LogP contribution in [0, 0.1) is 0 Å². The lowest BCUT2D eigenvalue weighted by molar-refractivity contribution is -0.137. The number of hydrogen-bond acceptors (Lipinski definition) is 6. The normalized spacial score (nSPS) is 13.8. The highest BCUT2D eigenvalue weighted by Gasteiger charge is 2.30. The van der Waals surface area contributed by atoms with E-state index in [1.165, 1.54) is 37.4 Å². The van der Waals surface area contributed by atoms with E-state index in [-0.39, 0.29) is 10.7 Å². The number of anilines is 2. The van der Waals surface area contributed by atoms with Gasteiger partial charge in [0.1, 0.15) is 17.6 Å². The monoisotopic (exact) mass is 436 g/mol. The SMILES string of the molecule is CNS(=O)(=O)c1ccc(Nc2ccc(C(F)(F)F)cn2)cc1.ClC1=NOCC1. The third kappa shape index (κ3) is 6.36. The average Bonchev–Trinajstić information content (AvgIpc) is 3.13. The van der Waals surface area contributed by atoms with Crippen molar-refractivity contribution in [3.8, 4) is 0 Å². The number of benzene rings is 1. The van der Waals surface area contributed by atoms with Gasteiger partial charge in [0.05, 0.1) is 10.5 Å². The second kappa shape index (κ2) is 9.22. The molecule has 0 fully saturated rings. The third-order valence-corrected chi connectivity index (χ3v) is 5.05. The highest BCUT2D eigenvalue weighted by molar-refractivity contribution is 7.89. The van der Waals surface area contributed by atoms with Crippen LogP contribution in [0.5, 0.6) is 0 Å². The minimum absolute atomic E-state index is 0.0842. The van der Waals surface area contributed by atoms with Crippen molar-refractivity contribution in [3.63, 3.8) is 0 Å². The molecule has 152 valence electrons. The maximum atomic E-state index is 12.4. The van der Waals surface area contributed by atoms with Gasteiger partial charge < -0.3 is 10.2 Å². The maximum Gasteiger partial charge on any atom is 0.417 e. The zero-order valence-electron chi connectivity index (χ0n) is 14.5. The molecule has 2 N–H and O–H groups in total. The number of pyridine rings is 1.